The van der Waals surface area contributed by atoms with Crippen LogP contribution in [0.5, 0.6) is 0 Å². The number of hydrogen-bond acceptors (Lipinski definition) is 3. The zero-order chi connectivity index (χ0) is 5.98. The predicted octanol–water partition coefficient (Wildman–Crippen LogP) is 1.37. The first kappa shape index (κ1) is 5.44. The van der Waals surface area contributed by atoms with E-state index >= 15 is 0 Å². The molecule has 3 heteroatoms. The maximum absolute atomic E-state index is 5.50. The van der Waals surface area contributed by atoms with Crippen molar-refractivity contribution in [1.29, 1.82) is 0 Å². The number of rotatable bonds is 1. The molecule has 1 aromatic heterocycles. The molecule has 44 valence electrons. The van der Waals surface area contributed by atoms with Crippen molar-refractivity contribution in [3.8, 4) is 0 Å². The zero-order valence-corrected chi connectivity index (χ0v) is 5.46. The zero-order valence-electron chi connectivity index (χ0n) is 4.64. The maximum Gasteiger partial charge on any atom is 0.111 e. The summed E-state index contributed by atoms with van der Waals surface area (Å²) < 4.78 is 0. The second-order valence-corrected chi connectivity index (χ2v) is 2.37. The van der Waals surface area contributed by atoms with E-state index in [2.05, 4.69) is 5.32 Å². The van der Waals surface area contributed by atoms with Gasteiger partial charge in [-0.3, -0.25) is 0 Å². The summed E-state index contributed by atoms with van der Waals surface area (Å²) in [6.07, 6.45) is 0. The summed E-state index contributed by atoms with van der Waals surface area (Å²) in [5.41, 5.74) is 6.33. The highest BCUT2D eigenvalue weighted by molar-refractivity contribution is 7.14. The summed E-state index contributed by atoms with van der Waals surface area (Å²) in [7, 11) is 1.86. The highest BCUT2D eigenvalue weighted by atomic mass is 32.1. The van der Waals surface area contributed by atoms with Gasteiger partial charge >= 0.3 is 0 Å². The molecule has 1 aromatic rings. The minimum absolute atomic E-state index is 0.831. The minimum Gasteiger partial charge on any atom is -0.396 e. The van der Waals surface area contributed by atoms with Crippen LogP contribution in [0.25, 0.3) is 0 Å². The Kier molecular flexibility index (Phi) is 1.39. The molecule has 0 fully saturated rings. The second-order valence-electron chi connectivity index (χ2n) is 1.46. The third-order valence-corrected chi connectivity index (χ3v) is 1.87. The van der Waals surface area contributed by atoms with E-state index in [4.69, 9.17) is 5.73 Å². The van der Waals surface area contributed by atoms with E-state index in [0.29, 0.717) is 0 Å². The van der Waals surface area contributed by atoms with E-state index in [1.54, 1.807) is 11.3 Å². The van der Waals surface area contributed by atoms with E-state index in [9.17, 15) is 0 Å². The highest BCUT2D eigenvalue weighted by Gasteiger charge is 1.92. The topological polar surface area (TPSA) is 38.0 Å². The lowest BCUT2D eigenvalue weighted by molar-refractivity contribution is 1.59. The van der Waals surface area contributed by atoms with Crippen molar-refractivity contribution in [1.82, 2.24) is 0 Å². The molecule has 0 atom stereocenters. The fourth-order valence-corrected chi connectivity index (χ4v) is 1.20. The van der Waals surface area contributed by atoms with Gasteiger partial charge in [-0.05, 0) is 11.4 Å². The van der Waals surface area contributed by atoms with Gasteiger partial charge in [-0.2, -0.15) is 0 Å². The first-order chi connectivity index (χ1) is 3.84. The van der Waals surface area contributed by atoms with Crippen molar-refractivity contribution < 1.29 is 0 Å². The minimum atomic E-state index is 0.831. The Morgan fingerprint density at radius 1 is 1.75 bits per heavy atom. The normalized spacial score (nSPS) is 9.12. The third kappa shape index (κ3) is 0.767. The largest absolute Gasteiger partial charge is 0.396 e. The van der Waals surface area contributed by atoms with E-state index < -0.39 is 0 Å². The Morgan fingerprint density at radius 2 is 2.50 bits per heavy atom. The molecule has 0 amide bonds. The van der Waals surface area contributed by atoms with Gasteiger partial charge in [0.2, 0.25) is 0 Å². The fourth-order valence-electron chi connectivity index (χ4n) is 0.522. The quantitative estimate of drug-likeness (QED) is 0.599. The Balaban J connectivity index is 2.92. The Bertz CT molecular complexity index is 171. The lowest BCUT2D eigenvalue weighted by Crippen LogP contribution is -1.88. The Hall–Kier alpha value is -0.700. The third-order valence-electron chi connectivity index (χ3n) is 0.923. The molecule has 1 rings (SSSR count). The lowest BCUT2D eigenvalue weighted by Gasteiger charge is -1.92. The van der Waals surface area contributed by atoms with E-state index in [1.165, 1.54) is 0 Å². The molecule has 0 aliphatic carbocycles. The molecular weight excluding hydrogens is 120 g/mol. The summed E-state index contributed by atoms with van der Waals surface area (Å²) in [4.78, 5) is 0. The number of nitrogens with one attached hydrogen (secondary N) is 1. The van der Waals surface area contributed by atoms with Gasteiger partial charge in [-0.1, -0.05) is 0 Å². The van der Waals surface area contributed by atoms with Crippen LogP contribution in [0.4, 0.5) is 10.7 Å². The van der Waals surface area contributed by atoms with Crippen molar-refractivity contribution in [2.45, 2.75) is 0 Å². The average Bonchev–Trinajstić information content (AvgIpc) is 2.14. The number of hydrogen-bond donors (Lipinski definition) is 2. The second kappa shape index (κ2) is 2.05. The van der Waals surface area contributed by atoms with E-state index in [0.717, 1.165) is 10.7 Å². The summed E-state index contributed by atoms with van der Waals surface area (Å²) in [5, 5.41) is 5.97. The van der Waals surface area contributed by atoms with Crippen molar-refractivity contribution in [3.63, 3.8) is 0 Å². The molecule has 0 aliphatic rings. The molecule has 0 saturated carbocycles. The molecule has 0 unspecified atom stereocenters. The Labute approximate surface area is 52.3 Å². The van der Waals surface area contributed by atoms with E-state index in [-0.39, 0.29) is 0 Å². The molecule has 0 saturated heterocycles. The van der Waals surface area contributed by atoms with Gasteiger partial charge in [-0.15, -0.1) is 11.3 Å². The van der Waals surface area contributed by atoms with Crippen LogP contribution in [0, 0.1) is 0 Å². The molecule has 3 N–H and O–H groups in total. The van der Waals surface area contributed by atoms with Gasteiger partial charge in [0.1, 0.15) is 5.00 Å². The van der Waals surface area contributed by atoms with Gasteiger partial charge in [0.15, 0.2) is 0 Å². The summed E-state index contributed by atoms with van der Waals surface area (Å²) in [5.74, 6) is 0. The van der Waals surface area contributed by atoms with Gasteiger partial charge in [0.05, 0.1) is 5.69 Å². The fraction of sp³-hybridized carbons (Fsp3) is 0.200. The molecular formula is C5H8N2S. The van der Waals surface area contributed by atoms with Crippen molar-refractivity contribution in [3.05, 3.63) is 11.4 Å². The molecule has 0 radical (unpaired) electrons. The van der Waals surface area contributed by atoms with Crippen LogP contribution in [-0.2, 0) is 0 Å². The van der Waals surface area contributed by atoms with Crippen LogP contribution >= 0.6 is 11.3 Å². The average molecular weight is 128 g/mol. The van der Waals surface area contributed by atoms with Crippen LogP contribution < -0.4 is 11.1 Å². The monoisotopic (exact) mass is 128 g/mol. The number of thiophene rings is 1. The van der Waals surface area contributed by atoms with Crippen molar-refractivity contribution in [2.24, 2.45) is 0 Å². The first-order valence-electron chi connectivity index (χ1n) is 2.35. The number of nitrogen functional groups attached to an aromatic ring is 1. The molecule has 1 heterocycles. The van der Waals surface area contributed by atoms with Crippen LogP contribution in [0.15, 0.2) is 11.4 Å². The van der Waals surface area contributed by atoms with Gasteiger partial charge < -0.3 is 11.1 Å². The number of anilines is 2. The van der Waals surface area contributed by atoms with E-state index in [1.807, 2.05) is 18.5 Å². The summed E-state index contributed by atoms with van der Waals surface area (Å²) in [6, 6.07) is 1.89. The molecule has 0 bridgehead atoms. The van der Waals surface area contributed by atoms with Crippen LogP contribution in [0.2, 0.25) is 0 Å². The summed E-state index contributed by atoms with van der Waals surface area (Å²) >= 11 is 1.61. The summed E-state index contributed by atoms with van der Waals surface area (Å²) in [6.45, 7) is 0. The van der Waals surface area contributed by atoms with Crippen LogP contribution in [0.3, 0.4) is 0 Å². The molecule has 0 aliphatic heterocycles. The SMILES string of the molecule is CNc1sccc1N. The maximum atomic E-state index is 5.50. The van der Waals surface area contributed by atoms with Crippen molar-refractivity contribution >= 4 is 22.0 Å². The number of nitrogens with two attached hydrogens (primary N) is 1. The lowest BCUT2D eigenvalue weighted by atomic mass is 10.5. The Morgan fingerprint density at radius 3 is 2.75 bits per heavy atom. The van der Waals surface area contributed by atoms with Gasteiger partial charge in [-0.25, -0.2) is 0 Å². The van der Waals surface area contributed by atoms with Gasteiger partial charge in [0, 0.05) is 7.05 Å². The van der Waals surface area contributed by atoms with Crippen LogP contribution in [0.1, 0.15) is 0 Å². The standard InChI is InChI=1S/C5H8N2S/c1-7-5-4(6)2-3-8-5/h2-3,7H,6H2,1H3. The molecule has 2 nitrogen and oxygen atoms in total. The highest BCUT2D eigenvalue weighted by Crippen LogP contribution is 2.23. The first-order valence-corrected chi connectivity index (χ1v) is 3.23. The molecule has 0 spiro atoms. The van der Waals surface area contributed by atoms with Gasteiger partial charge in [0.25, 0.3) is 0 Å². The smallest absolute Gasteiger partial charge is 0.111 e. The van der Waals surface area contributed by atoms with Crippen LogP contribution in [-0.4, -0.2) is 7.05 Å². The molecule has 8 heavy (non-hydrogen) atoms. The molecule has 0 aromatic carbocycles. The van der Waals surface area contributed by atoms with Crippen molar-refractivity contribution in [2.75, 3.05) is 18.1 Å². The predicted molar refractivity (Wildman–Crippen MR) is 38.3 cm³/mol.